The number of thioether (sulfide) groups is 1. The zero-order valence-electron chi connectivity index (χ0n) is 19.8. The van der Waals surface area contributed by atoms with Crippen LogP contribution in [0.5, 0.6) is 0 Å². The average Bonchev–Trinajstić information content (AvgIpc) is 3.44. The second kappa shape index (κ2) is 8.94. The number of nitriles is 1. The van der Waals surface area contributed by atoms with E-state index in [1.54, 1.807) is 11.3 Å². The van der Waals surface area contributed by atoms with Crippen LogP contribution in [0.3, 0.4) is 0 Å². The first-order valence-corrected chi connectivity index (χ1v) is 13.1. The molecular weight excluding hydrogens is 460 g/mol. The van der Waals surface area contributed by atoms with Gasteiger partial charge in [0.1, 0.15) is 11.1 Å². The number of aryl methyl sites for hydroxylation is 3. The Balaban J connectivity index is 1.49. The van der Waals surface area contributed by atoms with Crippen LogP contribution in [0.2, 0.25) is 0 Å². The lowest BCUT2D eigenvalue weighted by molar-refractivity contribution is -0.115. The van der Waals surface area contributed by atoms with Gasteiger partial charge in [0, 0.05) is 16.3 Å². The highest BCUT2D eigenvalue weighted by Gasteiger charge is 2.26. The molecule has 1 fully saturated rings. The highest BCUT2D eigenvalue weighted by atomic mass is 32.2. The van der Waals surface area contributed by atoms with Crippen LogP contribution < -0.4 is 5.32 Å². The van der Waals surface area contributed by atoms with E-state index in [0.29, 0.717) is 10.1 Å². The molecule has 2 aromatic heterocycles. The number of benzene rings is 1. The molecule has 3 heterocycles. The number of amides is 1. The molecule has 0 spiro atoms. The Hall–Kier alpha value is -3.08. The summed E-state index contributed by atoms with van der Waals surface area (Å²) in [6.45, 7) is 8.22. The van der Waals surface area contributed by atoms with Crippen molar-refractivity contribution in [3.8, 4) is 11.1 Å². The lowest BCUT2D eigenvalue weighted by Gasteiger charge is -2.10. The minimum atomic E-state index is -0.136. The molecule has 34 heavy (non-hydrogen) atoms. The predicted molar refractivity (Wildman–Crippen MR) is 141 cm³/mol. The fourth-order valence-electron chi connectivity index (χ4n) is 4.66. The van der Waals surface area contributed by atoms with Crippen molar-refractivity contribution < 1.29 is 4.79 Å². The van der Waals surface area contributed by atoms with Crippen molar-refractivity contribution in [2.75, 3.05) is 0 Å². The fraction of sp³-hybridized carbons (Fsp3) is 0.296. The zero-order chi connectivity index (χ0) is 24.0. The first-order chi connectivity index (χ1) is 16.4. The third-order valence-corrected chi connectivity index (χ3v) is 8.86. The smallest absolute Gasteiger partial charge is 0.264 e. The summed E-state index contributed by atoms with van der Waals surface area (Å²) in [7, 11) is 0. The van der Waals surface area contributed by atoms with Gasteiger partial charge in [-0.1, -0.05) is 12.1 Å². The number of hydrogen-bond donors (Lipinski definition) is 1. The minimum Gasteiger partial charge on any atom is -0.308 e. The summed E-state index contributed by atoms with van der Waals surface area (Å²) >= 11 is 3.11. The second-order valence-corrected chi connectivity index (χ2v) is 11.0. The molecule has 1 amide bonds. The second-order valence-electron chi connectivity index (χ2n) is 8.87. The van der Waals surface area contributed by atoms with Crippen molar-refractivity contribution in [2.24, 2.45) is 4.99 Å². The van der Waals surface area contributed by atoms with Crippen LogP contribution in [0.15, 0.2) is 34.2 Å². The highest BCUT2D eigenvalue weighted by molar-refractivity contribution is 8.18. The lowest BCUT2D eigenvalue weighted by atomic mass is 9.96. The Morgan fingerprint density at radius 2 is 1.97 bits per heavy atom. The quantitative estimate of drug-likeness (QED) is 0.435. The van der Waals surface area contributed by atoms with E-state index >= 15 is 0 Å². The van der Waals surface area contributed by atoms with Crippen molar-refractivity contribution in [3.63, 3.8) is 0 Å². The molecule has 0 atom stereocenters. The summed E-state index contributed by atoms with van der Waals surface area (Å²) in [5.74, 6) is -0.136. The standard InChI is InChI=1S/C27H26N4OS2/c1-15-8-7-10-22(17(15)3)29-27-30-25(32)24(34-27)13-19-12-16(2)31(18(19)4)26-21(14-28)20-9-5-6-11-23(20)33-26/h7-8,10,12-13H,5-6,9,11H2,1-4H3,(H,29,30,32)/b24-13-. The molecule has 1 N–H and O–H groups in total. The number of carbonyl (C=O) groups excluding carboxylic acids is 1. The molecule has 7 heteroatoms. The van der Waals surface area contributed by atoms with E-state index in [4.69, 9.17) is 0 Å². The van der Waals surface area contributed by atoms with Crippen LogP contribution in [-0.4, -0.2) is 15.6 Å². The minimum absolute atomic E-state index is 0.136. The molecule has 1 aromatic carbocycles. The van der Waals surface area contributed by atoms with Gasteiger partial charge < -0.3 is 9.88 Å². The zero-order valence-corrected chi connectivity index (χ0v) is 21.4. The molecule has 5 nitrogen and oxygen atoms in total. The van der Waals surface area contributed by atoms with E-state index in [2.05, 4.69) is 53.8 Å². The maximum absolute atomic E-state index is 12.7. The van der Waals surface area contributed by atoms with E-state index in [1.165, 1.54) is 34.2 Å². The molecule has 172 valence electrons. The summed E-state index contributed by atoms with van der Waals surface area (Å²) in [5, 5.41) is 14.4. The van der Waals surface area contributed by atoms with Gasteiger partial charge in [-0.25, -0.2) is 4.99 Å². The van der Waals surface area contributed by atoms with Gasteiger partial charge in [0.05, 0.1) is 16.2 Å². The molecule has 1 aliphatic heterocycles. The SMILES string of the molecule is Cc1cccc(N=C2NC(=O)/C(=C/c3cc(C)n(-c4sc5c(c4C#N)CCCC5)c3C)S2)c1C. The number of nitrogens with one attached hydrogen (secondary N) is 1. The number of aromatic nitrogens is 1. The van der Waals surface area contributed by atoms with Crippen LogP contribution in [0.25, 0.3) is 11.1 Å². The molecule has 3 aromatic rings. The Labute approximate surface area is 208 Å². The Morgan fingerprint density at radius 3 is 2.76 bits per heavy atom. The predicted octanol–water partition coefficient (Wildman–Crippen LogP) is 6.41. The number of rotatable bonds is 3. The van der Waals surface area contributed by atoms with Crippen molar-refractivity contribution in [1.29, 1.82) is 5.26 Å². The molecule has 5 rings (SSSR count). The van der Waals surface area contributed by atoms with E-state index < -0.39 is 0 Å². The summed E-state index contributed by atoms with van der Waals surface area (Å²) in [6.07, 6.45) is 6.33. The molecule has 0 radical (unpaired) electrons. The molecule has 1 saturated heterocycles. The van der Waals surface area contributed by atoms with E-state index in [1.807, 2.05) is 25.1 Å². The fourth-order valence-corrected chi connectivity index (χ4v) is 6.93. The number of fused-ring (bicyclic) bond motifs is 1. The van der Waals surface area contributed by atoms with Gasteiger partial charge in [0.15, 0.2) is 5.17 Å². The Morgan fingerprint density at radius 1 is 1.18 bits per heavy atom. The van der Waals surface area contributed by atoms with E-state index in [0.717, 1.165) is 58.0 Å². The summed E-state index contributed by atoms with van der Waals surface area (Å²) in [5.41, 5.74) is 8.28. The monoisotopic (exact) mass is 486 g/mol. The number of aliphatic imine (C=N–C) groups is 1. The molecule has 0 bridgehead atoms. The lowest BCUT2D eigenvalue weighted by Crippen LogP contribution is -2.19. The van der Waals surface area contributed by atoms with Crippen molar-refractivity contribution in [2.45, 2.75) is 53.4 Å². The van der Waals surface area contributed by atoms with Crippen molar-refractivity contribution in [1.82, 2.24) is 9.88 Å². The number of thiophene rings is 1. The van der Waals surface area contributed by atoms with Gasteiger partial charge in [-0.3, -0.25) is 4.79 Å². The Kier molecular flexibility index (Phi) is 5.97. The van der Waals surface area contributed by atoms with Gasteiger partial charge in [-0.15, -0.1) is 11.3 Å². The molecule has 2 aliphatic rings. The van der Waals surface area contributed by atoms with Gasteiger partial charge in [-0.05, 0) is 106 Å². The highest BCUT2D eigenvalue weighted by Crippen LogP contribution is 2.39. The maximum atomic E-state index is 12.7. The molecule has 1 aliphatic carbocycles. The first kappa shape index (κ1) is 22.7. The summed E-state index contributed by atoms with van der Waals surface area (Å²) in [6, 6.07) is 10.6. The van der Waals surface area contributed by atoms with Gasteiger partial charge in [0.25, 0.3) is 5.91 Å². The first-order valence-electron chi connectivity index (χ1n) is 11.5. The van der Waals surface area contributed by atoms with E-state index in [9.17, 15) is 10.1 Å². The number of amidine groups is 1. The molecular formula is C27H26N4OS2. The molecule has 0 unspecified atom stereocenters. The van der Waals surface area contributed by atoms with Crippen LogP contribution in [0, 0.1) is 39.0 Å². The maximum Gasteiger partial charge on any atom is 0.264 e. The topological polar surface area (TPSA) is 70.2 Å². The van der Waals surface area contributed by atoms with Crippen molar-refractivity contribution in [3.05, 3.63) is 73.3 Å². The van der Waals surface area contributed by atoms with Crippen LogP contribution in [-0.2, 0) is 17.6 Å². The van der Waals surface area contributed by atoms with Gasteiger partial charge in [-0.2, -0.15) is 5.26 Å². The molecule has 0 saturated carbocycles. The van der Waals surface area contributed by atoms with Gasteiger partial charge in [0.2, 0.25) is 0 Å². The third-order valence-electron chi connectivity index (χ3n) is 6.67. The van der Waals surface area contributed by atoms with Gasteiger partial charge >= 0.3 is 0 Å². The average molecular weight is 487 g/mol. The largest absolute Gasteiger partial charge is 0.308 e. The van der Waals surface area contributed by atoms with Crippen molar-refractivity contribution >= 4 is 45.9 Å². The van der Waals surface area contributed by atoms with Crippen LogP contribution >= 0.6 is 23.1 Å². The van der Waals surface area contributed by atoms with Crippen LogP contribution in [0.1, 0.15) is 56.9 Å². The Bertz CT molecular complexity index is 1430. The normalized spacial score (nSPS) is 17.8. The number of hydrogen-bond acceptors (Lipinski definition) is 5. The van der Waals surface area contributed by atoms with E-state index in [-0.39, 0.29) is 5.91 Å². The number of carbonyl (C=O) groups is 1. The third kappa shape index (κ3) is 3.91. The number of nitrogens with zero attached hydrogens (tertiary/aromatic N) is 3. The summed E-state index contributed by atoms with van der Waals surface area (Å²) in [4.78, 5) is 19.4. The van der Waals surface area contributed by atoms with Crippen LogP contribution in [0.4, 0.5) is 5.69 Å². The summed E-state index contributed by atoms with van der Waals surface area (Å²) < 4.78 is 2.18.